The summed E-state index contributed by atoms with van der Waals surface area (Å²) in [5.41, 5.74) is 7.22. The minimum Gasteiger partial charge on any atom is -0.399 e. The summed E-state index contributed by atoms with van der Waals surface area (Å²) in [5, 5.41) is 3.94. The third-order valence-electron chi connectivity index (χ3n) is 2.86. The second-order valence-corrected chi connectivity index (χ2v) is 4.78. The lowest BCUT2D eigenvalue weighted by Crippen LogP contribution is -2.43. The number of morpholine rings is 1. The zero-order valence-corrected chi connectivity index (χ0v) is 10.7. The summed E-state index contributed by atoms with van der Waals surface area (Å²) in [4.78, 5) is 2.26. The predicted octanol–water partition coefficient (Wildman–Crippen LogP) is 1.66. The van der Waals surface area contributed by atoms with Gasteiger partial charge in [-0.1, -0.05) is 11.6 Å². The van der Waals surface area contributed by atoms with Gasteiger partial charge < -0.3 is 20.7 Å². The van der Waals surface area contributed by atoms with Crippen molar-refractivity contribution >= 4 is 23.0 Å². The van der Waals surface area contributed by atoms with E-state index in [-0.39, 0.29) is 6.10 Å². The van der Waals surface area contributed by atoms with Gasteiger partial charge in [0.1, 0.15) is 0 Å². The van der Waals surface area contributed by atoms with E-state index in [4.69, 9.17) is 22.1 Å². The Labute approximate surface area is 107 Å². The first kappa shape index (κ1) is 12.5. The van der Waals surface area contributed by atoms with Crippen LogP contribution in [0.1, 0.15) is 0 Å². The second-order valence-electron chi connectivity index (χ2n) is 4.38. The van der Waals surface area contributed by atoms with Gasteiger partial charge in [0, 0.05) is 25.3 Å². The fourth-order valence-electron chi connectivity index (χ4n) is 1.89. The summed E-state index contributed by atoms with van der Waals surface area (Å²) in [6.45, 7) is 3.49. The third-order valence-corrected chi connectivity index (χ3v) is 3.17. The van der Waals surface area contributed by atoms with E-state index in [0.29, 0.717) is 10.7 Å². The van der Waals surface area contributed by atoms with Crippen LogP contribution in [0.25, 0.3) is 0 Å². The Bertz CT molecular complexity index is 386. The number of likely N-dealkylation sites (N-methyl/N-ethyl adjacent to an activating group) is 1. The van der Waals surface area contributed by atoms with Crippen molar-refractivity contribution in [3.8, 4) is 0 Å². The molecule has 1 fully saturated rings. The van der Waals surface area contributed by atoms with Gasteiger partial charge in [0.2, 0.25) is 0 Å². The molecule has 1 aromatic carbocycles. The second kappa shape index (κ2) is 5.58. The van der Waals surface area contributed by atoms with Gasteiger partial charge in [0.15, 0.2) is 0 Å². The molecule has 0 aliphatic carbocycles. The van der Waals surface area contributed by atoms with Crippen molar-refractivity contribution in [1.29, 1.82) is 0 Å². The van der Waals surface area contributed by atoms with E-state index in [9.17, 15) is 0 Å². The van der Waals surface area contributed by atoms with E-state index >= 15 is 0 Å². The lowest BCUT2D eigenvalue weighted by molar-refractivity contribution is -0.0117. The van der Waals surface area contributed by atoms with E-state index in [1.165, 1.54) is 0 Å². The molecule has 1 heterocycles. The molecule has 0 spiro atoms. The van der Waals surface area contributed by atoms with Crippen LogP contribution < -0.4 is 11.1 Å². The number of nitrogen functional groups attached to an aromatic ring is 1. The van der Waals surface area contributed by atoms with E-state index in [1.54, 1.807) is 6.07 Å². The van der Waals surface area contributed by atoms with E-state index < -0.39 is 0 Å². The fraction of sp³-hybridized carbons (Fsp3) is 0.500. The normalized spacial score (nSPS) is 21.4. The average molecular weight is 256 g/mol. The summed E-state index contributed by atoms with van der Waals surface area (Å²) in [7, 11) is 2.10. The van der Waals surface area contributed by atoms with Crippen LogP contribution in [0.4, 0.5) is 11.4 Å². The summed E-state index contributed by atoms with van der Waals surface area (Å²) in [5.74, 6) is 0. The third kappa shape index (κ3) is 3.49. The SMILES string of the molecule is CN1CCOC(CNc2ccc(N)cc2Cl)C1. The lowest BCUT2D eigenvalue weighted by atomic mass is 10.2. The van der Waals surface area contributed by atoms with Crippen molar-refractivity contribution in [2.24, 2.45) is 0 Å². The van der Waals surface area contributed by atoms with Gasteiger partial charge in [-0.25, -0.2) is 0 Å². The molecule has 0 aromatic heterocycles. The number of nitrogens with two attached hydrogens (primary N) is 1. The van der Waals surface area contributed by atoms with Crippen LogP contribution in [0.2, 0.25) is 5.02 Å². The molecular weight excluding hydrogens is 238 g/mol. The molecule has 1 saturated heterocycles. The van der Waals surface area contributed by atoms with Crippen molar-refractivity contribution in [2.45, 2.75) is 6.10 Å². The summed E-state index contributed by atoms with van der Waals surface area (Å²) < 4.78 is 5.66. The molecule has 1 aliphatic rings. The highest BCUT2D eigenvalue weighted by atomic mass is 35.5. The first-order valence-corrected chi connectivity index (χ1v) is 6.12. The molecule has 0 radical (unpaired) electrons. The number of hydrogen-bond acceptors (Lipinski definition) is 4. The summed E-state index contributed by atoms with van der Waals surface area (Å²) in [6, 6.07) is 5.48. The lowest BCUT2D eigenvalue weighted by Gasteiger charge is -2.30. The number of hydrogen-bond donors (Lipinski definition) is 2. The first-order chi connectivity index (χ1) is 8.15. The molecule has 0 bridgehead atoms. The first-order valence-electron chi connectivity index (χ1n) is 5.74. The van der Waals surface area contributed by atoms with Crippen LogP contribution in [0.15, 0.2) is 18.2 Å². The number of anilines is 2. The zero-order valence-electron chi connectivity index (χ0n) is 9.95. The Morgan fingerprint density at radius 2 is 2.41 bits per heavy atom. The molecule has 1 unspecified atom stereocenters. The Kier molecular flexibility index (Phi) is 4.10. The van der Waals surface area contributed by atoms with Gasteiger partial charge in [-0.3, -0.25) is 0 Å². The highest BCUT2D eigenvalue weighted by Crippen LogP contribution is 2.24. The maximum atomic E-state index is 6.08. The highest BCUT2D eigenvalue weighted by molar-refractivity contribution is 6.33. The molecule has 1 atom stereocenters. The molecule has 17 heavy (non-hydrogen) atoms. The van der Waals surface area contributed by atoms with Crippen molar-refractivity contribution in [3.63, 3.8) is 0 Å². The van der Waals surface area contributed by atoms with Gasteiger partial charge in [-0.2, -0.15) is 0 Å². The van der Waals surface area contributed by atoms with Crippen LogP contribution in [-0.4, -0.2) is 44.3 Å². The minimum atomic E-state index is 0.211. The Morgan fingerprint density at radius 1 is 1.59 bits per heavy atom. The van der Waals surface area contributed by atoms with Gasteiger partial charge in [0.05, 0.1) is 23.4 Å². The number of ether oxygens (including phenoxy) is 1. The largest absolute Gasteiger partial charge is 0.399 e. The molecule has 5 heteroatoms. The molecule has 94 valence electrons. The fourth-order valence-corrected chi connectivity index (χ4v) is 2.14. The number of halogens is 1. The number of rotatable bonds is 3. The van der Waals surface area contributed by atoms with Crippen LogP contribution in [0.5, 0.6) is 0 Å². The average Bonchev–Trinajstić information content (AvgIpc) is 2.28. The number of benzene rings is 1. The Balaban J connectivity index is 1.88. The van der Waals surface area contributed by atoms with Gasteiger partial charge in [-0.15, -0.1) is 0 Å². The van der Waals surface area contributed by atoms with E-state index in [2.05, 4.69) is 17.3 Å². The molecule has 3 N–H and O–H groups in total. The maximum Gasteiger partial charge on any atom is 0.0874 e. The van der Waals surface area contributed by atoms with Gasteiger partial charge in [-0.05, 0) is 25.2 Å². The molecule has 0 saturated carbocycles. The molecule has 1 aromatic rings. The topological polar surface area (TPSA) is 50.5 Å². The van der Waals surface area contributed by atoms with E-state index in [0.717, 1.165) is 31.9 Å². The monoisotopic (exact) mass is 255 g/mol. The molecule has 4 nitrogen and oxygen atoms in total. The molecular formula is C12H18ClN3O. The zero-order chi connectivity index (χ0) is 12.3. The van der Waals surface area contributed by atoms with E-state index in [1.807, 2.05) is 12.1 Å². The minimum absolute atomic E-state index is 0.211. The summed E-state index contributed by atoms with van der Waals surface area (Å²) >= 11 is 6.08. The number of nitrogens with one attached hydrogen (secondary N) is 1. The van der Waals surface area contributed by atoms with Crippen LogP contribution in [0, 0.1) is 0 Å². The maximum absolute atomic E-state index is 6.08. The van der Waals surface area contributed by atoms with Crippen LogP contribution in [0.3, 0.4) is 0 Å². The highest BCUT2D eigenvalue weighted by Gasteiger charge is 2.17. The quantitative estimate of drug-likeness (QED) is 0.807. The standard InChI is InChI=1S/C12H18ClN3O/c1-16-4-5-17-10(8-16)7-15-12-3-2-9(14)6-11(12)13/h2-3,6,10,15H,4-5,7-8,14H2,1H3. The Hall–Kier alpha value is -0.970. The van der Waals surface area contributed by atoms with Crippen molar-refractivity contribution in [2.75, 3.05) is 44.3 Å². The van der Waals surface area contributed by atoms with Crippen LogP contribution in [-0.2, 0) is 4.74 Å². The number of nitrogens with zero attached hydrogens (tertiary/aromatic N) is 1. The van der Waals surface area contributed by atoms with Crippen LogP contribution >= 0.6 is 11.6 Å². The van der Waals surface area contributed by atoms with Crippen molar-refractivity contribution < 1.29 is 4.74 Å². The van der Waals surface area contributed by atoms with Gasteiger partial charge in [0.25, 0.3) is 0 Å². The Morgan fingerprint density at radius 3 is 3.12 bits per heavy atom. The van der Waals surface area contributed by atoms with Crippen molar-refractivity contribution in [3.05, 3.63) is 23.2 Å². The van der Waals surface area contributed by atoms with Crippen molar-refractivity contribution in [1.82, 2.24) is 4.90 Å². The molecule has 2 rings (SSSR count). The molecule has 1 aliphatic heterocycles. The summed E-state index contributed by atoms with van der Waals surface area (Å²) in [6.07, 6.45) is 0.211. The molecule has 0 amide bonds. The van der Waals surface area contributed by atoms with Gasteiger partial charge >= 0.3 is 0 Å². The predicted molar refractivity (Wildman–Crippen MR) is 71.6 cm³/mol. The smallest absolute Gasteiger partial charge is 0.0874 e.